The molecule has 0 atom stereocenters. The summed E-state index contributed by atoms with van der Waals surface area (Å²) >= 11 is 0. The Hall–Kier alpha value is -1.32. The Labute approximate surface area is 184 Å². The number of rotatable bonds is 14. The highest BCUT2D eigenvalue weighted by Crippen LogP contribution is 1.93. The van der Waals surface area contributed by atoms with E-state index in [1.54, 1.807) is 0 Å². The van der Waals surface area contributed by atoms with Gasteiger partial charge in [-0.2, -0.15) is 0 Å². The van der Waals surface area contributed by atoms with Gasteiger partial charge in [0.1, 0.15) is 13.2 Å². The van der Waals surface area contributed by atoms with E-state index in [4.69, 9.17) is 24.4 Å². The number of hydrogen-bond acceptors (Lipinski definition) is 5. The van der Waals surface area contributed by atoms with Crippen LogP contribution in [0.2, 0.25) is 0 Å². The van der Waals surface area contributed by atoms with Gasteiger partial charge in [-0.15, -0.1) is 0 Å². The number of nitrogens with zero attached hydrogens (tertiary/aromatic N) is 2. The Balaban J connectivity index is 0.00000392. The molecule has 7 nitrogen and oxygen atoms in total. The summed E-state index contributed by atoms with van der Waals surface area (Å²) in [5.74, 6) is 0. The molecule has 0 saturated heterocycles. The van der Waals surface area contributed by atoms with Gasteiger partial charge in [-0.05, 0) is 12.1 Å². The molecule has 0 radical (unpaired) electrons. The minimum Gasteiger partial charge on any atom is -1.00 e. The van der Waals surface area contributed by atoms with Crippen LogP contribution in [-0.4, -0.2) is 49.9 Å². The van der Waals surface area contributed by atoms with Crippen LogP contribution < -0.4 is 33.9 Å². The van der Waals surface area contributed by atoms with E-state index in [-0.39, 0.29) is 38.0 Å². The SMILES string of the molecule is OCc1ccc[n+](CCOCCOCCOCC[n+]2cccc(CO)c2)c1.[Cl-].[Cl-]. The minimum absolute atomic E-state index is 0. The Morgan fingerprint density at radius 1 is 0.621 bits per heavy atom. The number of pyridine rings is 2. The van der Waals surface area contributed by atoms with Crippen molar-refractivity contribution in [3.8, 4) is 0 Å². The van der Waals surface area contributed by atoms with Gasteiger partial charge in [-0.1, -0.05) is 0 Å². The fourth-order valence-electron chi connectivity index (χ4n) is 2.50. The maximum Gasteiger partial charge on any atom is 0.174 e. The molecular formula is C20H30Cl2N2O5. The number of aromatic nitrogens is 2. The van der Waals surface area contributed by atoms with Crippen molar-refractivity contribution < 1.29 is 58.4 Å². The van der Waals surface area contributed by atoms with Gasteiger partial charge in [0.05, 0.1) is 39.6 Å². The lowest BCUT2D eigenvalue weighted by Gasteiger charge is -2.06. The highest BCUT2D eigenvalue weighted by Gasteiger charge is 2.03. The van der Waals surface area contributed by atoms with Gasteiger partial charge in [0.2, 0.25) is 0 Å². The average Bonchev–Trinajstić information content (AvgIpc) is 2.72. The molecule has 2 aromatic rings. The standard InChI is InChI=1S/C20H30N2O5.2ClH/c23-17-19-3-1-5-21(15-19)7-9-25-11-13-27-14-12-26-10-8-22-6-2-4-20(16-22)18-24;;/h1-6,15-16,23-24H,7-14,17-18H2;2*1H/q+2;;/p-2. The quantitative estimate of drug-likeness (QED) is 0.222. The summed E-state index contributed by atoms with van der Waals surface area (Å²) in [5.41, 5.74) is 1.78. The second kappa shape index (κ2) is 17.5. The molecule has 29 heavy (non-hydrogen) atoms. The van der Waals surface area contributed by atoms with Crippen LogP contribution in [0.3, 0.4) is 0 Å². The first-order valence-corrected chi connectivity index (χ1v) is 9.22. The fourth-order valence-corrected chi connectivity index (χ4v) is 2.50. The van der Waals surface area contributed by atoms with Crippen molar-refractivity contribution in [3.05, 3.63) is 60.2 Å². The predicted octanol–water partition coefficient (Wildman–Crippen LogP) is -6.00. The van der Waals surface area contributed by atoms with Crippen molar-refractivity contribution >= 4 is 0 Å². The van der Waals surface area contributed by atoms with E-state index in [1.165, 1.54) is 0 Å². The van der Waals surface area contributed by atoms with Gasteiger partial charge in [0.15, 0.2) is 37.9 Å². The van der Waals surface area contributed by atoms with Crippen LogP contribution in [0.1, 0.15) is 11.1 Å². The maximum atomic E-state index is 9.11. The van der Waals surface area contributed by atoms with Gasteiger partial charge in [0, 0.05) is 23.3 Å². The molecule has 0 saturated carbocycles. The summed E-state index contributed by atoms with van der Waals surface area (Å²) in [5, 5.41) is 18.2. The number of aliphatic hydroxyl groups excluding tert-OH is 2. The molecule has 164 valence electrons. The van der Waals surface area contributed by atoms with Crippen LogP contribution in [-0.2, 0) is 40.5 Å². The summed E-state index contributed by atoms with van der Waals surface area (Å²) in [7, 11) is 0. The zero-order valence-corrected chi connectivity index (χ0v) is 18.0. The molecule has 2 N–H and O–H groups in total. The lowest BCUT2D eigenvalue weighted by Crippen LogP contribution is -3.00. The predicted molar refractivity (Wildman–Crippen MR) is 97.6 cm³/mol. The molecule has 2 heterocycles. The number of halogens is 2. The van der Waals surface area contributed by atoms with Gasteiger partial charge in [-0.25, -0.2) is 9.13 Å². The first-order valence-electron chi connectivity index (χ1n) is 9.22. The first-order chi connectivity index (χ1) is 13.3. The van der Waals surface area contributed by atoms with Gasteiger partial charge in [0.25, 0.3) is 0 Å². The summed E-state index contributed by atoms with van der Waals surface area (Å²) in [6, 6.07) is 7.60. The van der Waals surface area contributed by atoms with Crippen LogP contribution in [0.4, 0.5) is 0 Å². The molecule has 2 aromatic heterocycles. The Morgan fingerprint density at radius 2 is 1.00 bits per heavy atom. The third kappa shape index (κ3) is 12.1. The molecule has 0 spiro atoms. The Bertz CT molecular complexity index is 609. The van der Waals surface area contributed by atoms with Gasteiger partial charge in [-0.3, -0.25) is 0 Å². The fraction of sp³-hybridized carbons (Fsp3) is 0.500. The van der Waals surface area contributed by atoms with Crippen molar-refractivity contribution in [2.45, 2.75) is 26.3 Å². The summed E-state index contributed by atoms with van der Waals surface area (Å²) in [6.45, 7) is 4.95. The Kier molecular flexibility index (Phi) is 16.7. The number of aliphatic hydroxyl groups is 2. The molecule has 0 aliphatic heterocycles. The van der Waals surface area contributed by atoms with Gasteiger partial charge < -0.3 is 49.2 Å². The maximum absolute atomic E-state index is 9.11. The Morgan fingerprint density at radius 3 is 1.38 bits per heavy atom. The molecule has 2 rings (SSSR count). The molecule has 0 amide bonds. The van der Waals surface area contributed by atoms with E-state index in [1.807, 2.05) is 58.2 Å². The highest BCUT2D eigenvalue weighted by molar-refractivity contribution is 5.03. The first kappa shape index (κ1) is 27.7. The second-order valence-electron chi connectivity index (χ2n) is 6.05. The molecule has 0 aliphatic rings. The van der Waals surface area contributed by atoms with Crippen LogP contribution in [0.25, 0.3) is 0 Å². The normalized spacial score (nSPS) is 10.3. The second-order valence-corrected chi connectivity index (χ2v) is 6.05. The van der Waals surface area contributed by atoms with Gasteiger partial charge >= 0.3 is 0 Å². The van der Waals surface area contributed by atoms with E-state index in [9.17, 15) is 0 Å². The number of hydrogen-bond donors (Lipinski definition) is 2. The molecule has 0 unspecified atom stereocenters. The monoisotopic (exact) mass is 448 g/mol. The molecule has 0 fully saturated rings. The molecule has 0 bridgehead atoms. The highest BCUT2D eigenvalue weighted by atomic mass is 35.5. The molecule has 0 aromatic carbocycles. The zero-order valence-electron chi connectivity index (χ0n) is 16.5. The smallest absolute Gasteiger partial charge is 0.174 e. The third-order valence-electron chi connectivity index (χ3n) is 3.94. The zero-order chi connectivity index (χ0) is 19.2. The average molecular weight is 449 g/mol. The third-order valence-corrected chi connectivity index (χ3v) is 3.94. The van der Waals surface area contributed by atoms with Crippen molar-refractivity contribution in [3.63, 3.8) is 0 Å². The van der Waals surface area contributed by atoms with Crippen LogP contribution in [0.5, 0.6) is 0 Å². The number of ether oxygens (including phenoxy) is 3. The lowest BCUT2D eigenvalue weighted by molar-refractivity contribution is -0.699. The molecular weight excluding hydrogens is 419 g/mol. The van der Waals surface area contributed by atoms with Crippen molar-refractivity contribution in [2.24, 2.45) is 0 Å². The van der Waals surface area contributed by atoms with Crippen molar-refractivity contribution in [1.82, 2.24) is 0 Å². The topological polar surface area (TPSA) is 75.9 Å². The van der Waals surface area contributed by atoms with E-state index in [2.05, 4.69) is 0 Å². The lowest BCUT2D eigenvalue weighted by atomic mass is 10.3. The van der Waals surface area contributed by atoms with Crippen molar-refractivity contribution in [1.29, 1.82) is 0 Å². The van der Waals surface area contributed by atoms with E-state index in [0.29, 0.717) is 39.6 Å². The van der Waals surface area contributed by atoms with Crippen LogP contribution in [0.15, 0.2) is 49.1 Å². The summed E-state index contributed by atoms with van der Waals surface area (Å²) < 4.78 is 20.6. The summed E-state index contributed by atoms with van der Waals surface area (Å²) in [4.78, 5) is 0. The summed E-state index contributed by atoms with van der Waals surface area (Å²) in [6.07, 6.45) is 7.73. The van der Waals surface area contributed by atoms with E-state index < -0.39 is 0 Å². The molecule has 0 aliphatic carbocycles. The minimum atomic E-state index is 0. The van der Waals surface area contributed by atoms with Crippen LogP contribution in [0, 0.1) is 0 Å². The van der Waals surface area contributed by atoms with E-state index >= 15 is 0 Å². The largest absolute Gasteiger partial charge is 1.00 e. The van der Waals surface area contributed by atoms with E-state index in [0.717, 1.165) is 24.2 Å². The van der Waals surface area contributed by atoms with Crippen LogP contribution >= 0.6 is 0 Å². The van der Waals surface area contributed by atoms with Crippen molar-refractivity contribution in [2.75, 3.05) is 39.6 Å². The molecule has 9 heteroatoms.